The van der Waals surface area contributed by atoms with Crippen molar-refractivity contribution in [1.82, 2.24) is 4.98 Å². The monoisotopic (exact) mass is 187 g/mol. The summed E-state index contributed by atoms with van der Waals surface area (Å²) in [6.07, 6.45) is 0. The zero-order valence-electron chi connectivity index (χ0n) is 7.90. The van der Waals surface area contributed by atoms with Gasteiger partial charge in [-0.25, -0.2) is 4.98 Å². The highest BCUT2D eigenvalue weighted by Crippen LogP contribution is 2.14. The van der Waals surface area contributed by atoms with Crippen molar-refractivity contribution in [3.8, 4) is 5.88 Å². The van der Waals surface area contributed by atoms with Crippen LogP contribution in [-0.4, -0.2) is 24.6 Å². The second-order valence-electron chi connectivity index (χ2n) is 3.04. The molecule has 70 valence electrons. The quantitative estimate of drug-likeness (QED) is 0.683. The summed E-state index contributed by atoms with van der Waals surface area (Å²) in [6.45, 7) is 0. The first-order chi connectivity index (χ1) is 6.83. The number of aromatic nitrogens is 1. The van der Waals surface area contributed by atoms with Crippen molar-refractivity contribution >= 4 is 23.8 Å². The van der Waals surface area contributed by atoms with Gasteiger partial charge in [0.1, 0.15) is 0 Å². The number of benzene rings is 1. The molecule has 1 aromatic carbocycles. The first-order valence-electron chi connectivity index (χ1n) is 4.38. The van der Waals surface area contributed by atoms with E-state index in [4.69, 9.17) is 9.76 Å². The van der Waals surface area contributed by atoms with Crippen LogP contribution >= 0.6 is 0 Å². The number of ether oxygens (including phenoxy) is 1. The molecule has 0 spiro atoms. The molecule has 1 aromatic heterocycles. The Morgan fingerprint density at radius 1 is 1.29 bits per heavy atom. The van der Waals surface area contributed by atoms with E-state index >= 15 is 0 Å². The number of methoxy groups -OCH3 is 1. The van der Waals surface area contributed by atoms with E-state index in [1.54, 1.807) is 7.11 Å². The highest BCUT2D eigenvalue weighted by Gasteiger charge is 1.99. The molecule has 0 atom stereocenters. The van der Waals surface area contributed by atoms with Crippen molar-refractivity contribution in [2.45, 2.75) is 0 Å². The van der Waals surface area contributed by atoms with Crippen LogP contribution in [0.5, 0.6) is 5.88 Å². The van der Waals surface area contributed by atoms with Gasteiger partial charge in [0.25, 0.3) is 0 Å². The zero-order valence-corrected chi connectivity index (χ0v) is 7.90. The van der Waals surface area contributed by atoms with Crippen molar-refractivity contribution in [2.24, 2.45) is 0 Å². The zero-order chi connectivity index (χ0) is 9.97. The molecule has 0 radical (unpaired) electrons. The van der Waals surface area contributed by atoms with Gasteiger partial charge in [0.15, 0.2) is 0 Å². The van der Waals surface area contributed by atoms with E-state index in [0.717, 1.165) is 16.4 Å². The number of fused-ring (bicyclic) bond motifs is 1. The van der Waals surface area contributed by atoms with Gasteiger partial charge in [-0.1, -0.05) is 17.6 Å². The van der Waals surface area contributed by atoms with E-state index in [0.29, 0.717) is 5.88 Å². The smallest absolute Gasteiger partial charge is 0.304 e. The number of rotatable bonds is 2. The summed E-state index contributed by atoms with van der Waals surface area (Å²) in [5.74, 6) is 0.606. The molecule has 0 aliphatic carbocycles. The van der Waals surface area contributed by atoms with Crippen LogP contribution in [0.4, 0.5) is 0 Å². The van der Waals surface area contributed by atoms with Gasteiger partial charge in [-0.2, -0.15) is 0 Å². The number of hydrogen-bond donors (Lipinski definition) is 1. The largest absolute Gasteiger partial charge is 0.481 e. The third-order valence-electron chi connectivity index (χ3n) is 2.12. The Hall–Kier alpha value is -1.55. The Kier molecular flexibility index (Phi) is 2.37. The molecule has 2 rings (SSSR count). The molecule has 1 N–H and O–H groups in total. The van der Waals surface area contributed by atoms with Crippen LogP contribution in [0.1, 0.15) is 0 Å². The molecule has 0 aliphatic heterocycles. The predicted octanol–water partition coefficient (Wildman–Crippen LogP) is 0.212. The van der Waals surface area contributed by atoms with Gasteiger partial charge in [-0.3, -0.25) is 0 Å². The minimum absolute atomic E-state index is 0.0575. The average molecular weight is 187 g/mol. The molecule has 3 nitrogen and oxygen atoms in total. The molecule has 0 aliphatic rings. The summed E-state index contributed by atoms with van der Waals surface area (Å²) in [5.41, 5.74) is 1.77. The number of nitrogens with zero attached hydrogens (tertiary/aromatic N) is 1. The van der Waals surface area contributed by atoms with Crippen molar-refractivity contribution in [2.75, 3.05) is 7.11 Å². The molecule has 0 amide bonds. The molecule has 0 fully saturated rings. The summed E-state index contributed by atoms with van der Waals surface area (Å²) in [7, 11) is 1.65. The SMILES string of the molecule is COc1ccc2cc(BO)ccc2n1. The van der Waals surface area contributed by atoms with Crippen LogP contribution in [0.2, 0.25) is 0 Å². The summed E-state index contributed by atoms with van der Waals surface area (Å²) < 4.78 is 5.02. The Bertz CT molecular complexity index is 416. The normalized spacial score (nSPS) is 10.1. The van der Waals surface area contributed by atoms with E-state index in [9.17, 15) is 0 Å². The average Bonchev–Trinajstić information content (AvgIpc) is 2.27. The lowest BCUT2D eigenvalue weighted by Gasteiger charge is -2.02. The predicted molar refractivity (Wildman–Crippen MR) is 57.3 cm³/mol. The fourth-order valence-corrected chi connectivity index (χ4v) is 1.37. The van der Waals surface area contributed by atoms with Gasteiger partial charge in [-0.05, 0) is 17.5 Å². The Balaban J connectivity index is 2.57. The fraction of sp³-hybridized carbons (Fsp3) is 0.100. The molecular formula is C10H10BNO2. The lowest BCUT2D eigenvalue weighted by molar-refractivity contribution is 0.399. The van der Waals surface area contributed by atoms with Crippen LogP contribution < -0.4 is 10.2 Å². The van der Waals surface area contributed by atoms with Gasteiger partial charge in [0.2, 0.25) is 5.88 Å². The van der Waals surface area contributed by atoms with Crippen LogP contribution in [0.15, 0.2) is 30.3 Å². The van der Waals surface area contributed by atoms with Gasteiger partial charge in [-0.15, -0.1) is 0 Å². The second kappa shape index (κ2) is 3.68. The van der Waals surface area contributed by atoms with Crippen molar-refractivity contribution in [3.05, 3.63) is 30.3 Å². The molecule has 0 unspecified atom stereocenters. The first kappa shape index (κ1) is 9.03. The molecule has 0 saturated heterocycles. The van der Waals surface area contributed by atoms with E-state index in [-0.39, 0.29) is 7.48 Å². The highest BCUT2D eigenvalue weighted by atomic mass is 16.5. The first-order valence-corrected chi connectivity index (χ1v) is 4.38. The van der Waals surface area contributed by atoms with Crippen LogP contribution in [-0.2, 0) is 0 Å². The third-order valence-corrected chi connectivity index (χ3v) is 2.12. The molecule has 4 heteroatoms. The molecule has 1 heterocycles. The van der Waals surface area contributed by atoms with E-state index in [1.807, 2.05) is 30.3 Å². The van der Waals surface area contributed by atoms with Gasteiger partial charge < -0.3 is 9.76 Å². The maximum atomic E-state index is 8.95. The van der Waals surface area contributed by atoms with Crippen molar-refractivity contribution in [1.29, 1.82) is 0 Å². The lowest BCUT2D eigenvalue weighted by atomic mass is 9.88. The molecule has 14 heavy (non-hydrogen) atoms. The van der Waals surface area contributed by atoms with Crippen LogP contribution in [0.3, 0.4) is 0 Å². The van der Waals surface area contributed by atoms with Crippen LogP contribution in [0, 0.1) is 0 Å². The highest BCUT2D eigenvalue weighted by molar-refractivity contribution is 6.45. The Morgan fingerprint density at radius 3 is 2.86 bits per heavy atom. The van der Waals surface area contributed by atoms with Gasteiger partial charge >= 0.3 is 7.48 Å². The Labute approximate surface area is 82.6 Å². The summed E-state index contributed by atoms with van der Waals surface area (Å²) in [5, 5.41) is 9.96. The summed E-state index contributed by atoms with van der Waals surface area (Å²) in [4.78, 5) is 4.27. The maximum absolute atomic E-state index is 8.95. The van der Waals surface area contributed by atoms with Crippen molar-refractivity contribution in [3.63, 3.8) is 0 Å². The number of pyridine rings is 1. The lowest BCUT2D eigenvalue weighted by Crippen LogP contribution is -2.12. The summed E-state index contributed by atoms with van der Waals surface area (Å²) >= 11 is 0. The van der Waals surface area contributed by atoms with Crippen molar-refractivity contribution < 1.29 is 9.76 Å². The van der Waals surface area contributed by atoms with E-state index in [1.165, 1.54) is 0 Å². The third kappa shape index (κ3) is 1.56. The second-order valence-corrected chi connectivity index (χ2v) is 3.04. The van der Waals surface area contributed by atoms with Crippen LogP contribution in [0.25, 0.3) is 10.9 Å². The summed E-state index contributed by atoms with van der Waals surface area (Å²) in [6, 6.07) is 9.39. The molecule has 0 saturated carbocycles. The van der Waals surface area contributed by atoms with Gasteiger partial charge in [0, 0.05) is 6.07 Å². The van der Waals surface area contributed by atoms with E-state index < -0.39 is 0 Å². The fourth-order valence-electron chi connectivity index (χ4n) is 1.37. The minimum atomic E-state index is 0.0575. The Morgan fingerprint density at radius 2 is 2.14 bits per heavy atom. The standard InChI is InChI=1S/C10H10BNO2/c1-14-10-5-2-7-6-8(11-13)3-4-9(7)12-10/h2-6,11,13H,1H3. The molecule has 0 bridgehead atoms. The molecular weight excluding hydrogens is 177 g/mol. The van der Waals surface area contributed by atoms with Gasteiger partial charge in [0.05, 0.1) is 12.6 Å². The minimum Gasteiger partial charge on any atom is -0.481 e. The van der Waals surface area contributed by atoms with E-state index in [2.05, 4.69) is 4.98 Å². The topological polar surface area (TPSA) is 42.4 Å². The molecule has 2 aromatic rings. The number of hydrogen-bond acceptors (Lipinski definition) is 3. The maximum Gasteiger partial charge on any atom is 0.304 e.